The summed E-state index contributed by atoms with van der Waals surface area (Å²) >= 11 is 0. The van der Waals surface area contributed by atoms with Crippen molar-refractivity contribution in [2.45, 2.75) is 25.4 Å². The second kappa shape index (κ2) is 8.16. The normalized spacial score (nSPS) is 21.0. The number of rotatable bonds is 4. The summed E-state index contributed by atoms with van der Waals surface area (Å²) in [5.74, 6) is 1.48. The fourth-order valence-electron chi connectivity index (χ4n) is 3.48. The van der Waals surface area contributed by atoms with Crippen LogP contribution >= 0.6 is 12.4 Å². The molecule has 0 bridgehead atoms. The molecule has 1 unspecified atom stereocenters. The first-order chi connectivity index (χ1) is 12.2. The van der Waals surface area contributed by atoms with Gasteiger partial charge in [0.2, 0.25) is 5.91 Å². The third kappa shape index (κ3) is 3.90. The van der Waals surface area contributed by atoms with Crippen molar-refractivity contribution in [2.24, 2.45) is 0 Å². The maximum absolute atomic E-state index is 11.8. The minimum Gasteiger partial charge on any atom is -0.338 e. The van der Waals surface area contributed by atoms with Crippen LogP contribution in [0.15, 0.2) is 28.8 Å². The average molecular weight is 378 g/mol. The van der Waals surface area contributed by atoms with Gasteiger partial charge in [0.25, 0.3) is 5.89 Å². The summed E-state index contributed by atoms with van der Waals surface area (Å²) in [7, 11) is 2.08. The Morgan fingerprint density at radius 2 is 2.23 bits per heavy atom. The van der Waals surface area contributed by atoms with E-state index in [2.05, 4.69) is 27.4 Å². The third-order valence-corrected chi connectivity index (χ3v) is 4.97. The Kier molecular flexibility index (Phi) is 5.90. The summed E-state index contributed by atoms with van der Waals surface area (Å²) < 4.78 is 5.50. The molecule has 0 radical (unpaired) electrons. The molecule has 8 heteroatoms. The number of likely N-dealkylation sites (N-methyl/N-ethyl adjacent to an activating group) is 1. The Bertz CT molecular complexity index is 766. The number of carbonyl (C=O) groups is 1. The number of benzene rings is 1. The van der Waals surface area contributed by atoms with E-state index in [1.54, 1.807) is 0 Å². The number of hydrogen-bond donors (Lipinski definition) is 1. The molecule has 1 aromatic carbocycles. The summed E-state index contributed by atoms with van der Waals surface area (Å²) in [6.07, 6.45) is 1.62. The second-order valence-electron chi connectivity index (χ2n) is 6.78. The van der Waals surface area contributed by atoms with E-state index in [1.165, 1.54) is 0 Å². The number of amides is 1. The van der Waals surface area contributed by atoms with Crippen LogP contribution in [0.2, 0.25) is 0 Å². The molecule has 4 rings (SSSR count). The standard InChI is InChI=1S/C18H23N5O2.ClH/c1-22-9-7-19-11-15(22)17-20-18(25-21-17)14-5-2-4-13(10-14)12-23-8-3-6-16(23)24;/h2,4-5,10,15,19H,3,6-9,11-12H2,1H3;1H. The zero-order valence-corrected chi connectivity index (χ0v) is 15.7. The molecule has 140 valence electrons. The van der Waals surface area contributed by atoms with Gasteiger partial charge in [-0.1, -0.05) is 17.3 Å². The van der Waals surface area contributed by atoms with Gasteiger partial charge in [-0.25, -0.2) is 0 Å². The SMILES string of the molecule is CN1CCNCC1c1noc(-c2cccc(CN3CCCC3=O)c2)n1.Cl. The molecule has 0 aliphatic carbocycles. The molecular formula is C18H24ClN5O2. The maximum Gasteiger partial charge on any atom is 0.257 e. The molecule has 2 aliphatic rings. The lowest BCUT2D eigenvalue weighted by molar-refractivity contribution is -0.128. The van der Waals surface area contributed by atoms with Gasteiger partial charge in [-0.15, -0.1) is 12.4 Å². The predicted octanol–water partition coefficient (Wildman–Crippen LogP) is 1.86. The Labute approximate surface area is 159 Å². The Hall–Kier alpha value is -1.96. The minimum atomic E-state index is 0. The van der Waals surface area contributed by atoms with Crippen LogP contribution in [0.25, 0.3) is 11.5 Å². The van der Waals surface area contributed by atoms with E-state index in [0.717, 1.165) is 43.7 Å². The van der Waals surface area contributed by atoms with E-state index in [4.69, 9.17) is 4.52 Å². The van der Waals surface area contributed by atoms with E-state index in [9.17, 15) is 4.79 Å². The van der Waals surface area contributed by atoms with Crippen LogP contribution in [0.3, 0.4) is 0 Å². The van der Waals surface area contributed by atoms with Crippen LogP contribution in [0, 0.1) is 0 Å². The molecule has 3 heterocycles. The van der Waals surface area contributed by atoms with Gasteiger partial charge in [0.05, 0.1) is 6.04 Å². The molecule has 7 nitrogen and oxygen atoms in total. The number of nitrogens with one attached hydrogen (secondary N) is 1. The topological polar surface area (TPSA) is 74.5 Å². The van der Waals surface area contributed by atoms with Gasteiger partial charge in [0, 0.05) is 44.7 Å². The molecule has 0 spiro atoms. The molecular weight excluding hydrogens is 354 g/mol. The lowest BCUT2D eigenvalue weighted by Gasteiger charge is -2.30. The first-order valence-electron chi connectivity index (χ1n) is 8.82. The smallest absolute Gasteiger partial charge is 0.257 e. The molecule has 2 aromatic rings. The summed E-state index contributed by atoms with van der Waals surface area (Å²) in [6.45, 7) is 4.26. The number of carbonyl (C=O) groups excluding carboxylic acids is 1. The quantitative estimate of drug-likeness (QED) is 0.876. The lowest BCUT2D eigenvalue weighted by Crippen LogP contribution is -2.44. The molecule has 1 N–H and O–H groups in total. The van der Waals surface area contributed by atoms with Crippen LogP contribution in [0.1, 0.15) is 30.3 Å². The second-order valence-corrected chi connectivity index (χ2v) is 6.78. The highest BCUT2D eigenvalue weighted by molar-refractivity contribution is 5.85. The number of nitrogens with zero attached hydrogens (tertiary/aromatic N) is 4. The maximum atomic E-state index is 11.8. The minimum absolute atomic E-state index is 0. The Morgan fingerprint density at radius 1 is 1.35 bits per heavy atom. The van der Waals surface area contributed by atoms with Gasteiger partial charge in [-0.05, 0) is 31.2 Å². The van der Waals surface area contributed by atoms with E-state index in [-0.39, 0.29) is 24.4 Å². The first-order valence-corrected chi connectivity index (χ1v) is 8.82. The van der Waals surface area contributed by atoms with Gasteiger partial charge in [-0.2, -0.15) is 4.98 Å². The van der Waals surface area contributed by atoms with Crippen LogP contribution in [-0.4, -0.2) is 59.1 Å². The zero-order valence-electron chi connectivity index (χ0n) is 14.9. The number of halogens is 1. The van der Waals surface area contributed by atoms with Crippen molar-refractivity contribution in [3.8, 4) is 11.5 Å². The number of aromatic nitrogens is 2. The van der Waals surface area contributed by atoms with Gasteiger partial charge >= 0.3 is 0 Å². The van der Waals surface area contributed by atoms with Crippen molar-refractivity contribution >= 4 is 18.3 Å². The molecule has 2 aliphatic heterocycles. The zero-order chi connectivity index (χ0) is 17.2. The summed E-state index contributed by atoms with van der Waals surface area (Å²) in [4.78, 5) is 20.6. The first kappa shape index (κ1) is 18.8. The van der Waals surface area contributed by atoms with E-state index in [1.807, 2.05) is 29.2 Å². The molecule has 2 fully saturated rings. The summed E-state index contributed by atoms with van der Waals surface area (Å²) in [5, 5.41) is 7.54. The summed E-state index contributed by atoms with van der Waals surface area (Å²) in [6, 6.07) is 8.15. The highest BCUT2D eigenvalue weighted by Gasteiger charge is 2.25. The van der Waals surface area contributed by atoms with Crippen molar-refractivity contribution in [2.75, 3.05) is 33.2 Å². The average Bonchev–Trinajstić information content (AvgIpc) is 3.26. The van der Waals surface area contributed by atoms with E-state index in [0.29, 0.717) is 24.7 Å². The monoisotopic (exact) mass is 377 g/mol. The Morgan fingerprint density at radius 3 is 3.00 bits per heavy atom. The van der Waals surface area contributed by atoms with Crippen molar-refractivity contribution in [3.63, 3.8) is 0 Å². The van der Waals surface area contributed by atoms with Gasteiger partial charge in [-0.3, -0.25) is 9.69 Å². The number of piperazine rings is 1. The highest BCUT2D eigenvalue weighted by atomic mass is 35.5. The molecule has 1 atom stereocenters. The summed E-state index contributed by atoms with van der Waals surface area (Å²) in [5.41, 5.74) is 1.98. The van der Waals surface area contributed by atoms with Gasteiger partial charge in [0.15, 0.2) is 5.82 Å². The van der Waals surface area contributed by atoms with Crippen molar-refractivity contribution in [3.05, 3.63) is 35.7 Å². The van der Waals surface area contributed by atoms with Gasteiger partial charge < -0.3 is 14.7 Å². The number of likely N-dealkylation sites (tertiary alicyclic amines) is 1. The molecule has 0 saturated carbocycles. The van der Waals surface area contributed by atoms with Crippen LogP contribution < -0.4 is 5.32 Å². The largest absolute Gasteiger partial charge is 0.338 e. The van der Waals surface area contributed by atoms with Crippen LogP contribution in [-0.2, 0) is 11.3 Å². The van der Waals surface area contributed by atoms with E-state index < -0.39 is 0 Å². The number of hydrogen-bond acceptors (Lipinski definition) is 6. The van der Waals surface area contributed by atoms with E-state index >= 15 is 0 Å². The highest BCUT2D eigenvalue weighted by Crippen LogP contribution is 2.24. The van der Waals surface area contributed by atoms with Crippen molar-refractivity contribution in [1.29, 1.82) is 0 Å². The molecule has 1 amide bonds. The lowest BCUT2D eigenvalue weighted by atomic mass is 10.1. The molecule has 26 heavy (non-hydrogen) atoms. The van der Waals surface area contributed by atoms with Crippen LogP contribution in [0.4, 0.5) is 0 Å². The van der Waals surface area contributed by atoms with Crippen molar-refractivity contribution in [1.82, 2.24) is 25.3 Å². The molecule has 1 aromatic heterocycles. The third-order valence-electron chi connectivity index (χ3n) is 4.97. The molecule has 2 saturated heterocycles. The van der Waals surface area contributed by atoms with Crippen LogP contribution in [0.5, 0.6) is 0 Å². The predicted molar refractivity (Wildman–Crippen MR) is 99.9 cm³/mol. The Balaban J connectivity index is 0.00000196. The van der Waals surface area contributed by atoms with Crippen molar-refractivity contribution < 1.29 is 9.32 Å². The fraction of sp³-hybridized carbons (Fsp3) is 0.500. The van der Waals surface area contributed by atoms with Gasteiger partial charge in [0.1, 0.15) is 0 Å². The fourth-order valence-corrected chi connectivity index (χ4v) is 3.48.